The minimum atomic E-state index is -4.40. The molecular weight excluding hydrogens is 365 g/mol. The number of ether oxygens (including phenoxy) is 1. The maximum Gasteiger partial charge on any atom is 0.416 e. The van der Waals surface area contributed by atoms with Crippen molar-refractivity contribution in [3.63, 3.8) is 0 Å². The van der Waals surface area contributed by atoms with E-state index >= 15 is 0 Å². The van der Waals surface area contributed by atoms with Gasteiger partial charge in [-0.3, -0.25) is 4.79 Å². The number of aromatic nitrogens is 2. The molecule has 0 bridgehead atoms. The van der Waals surface area contributed by atoms with Crippen LogP contribution in [0.4, 0.5) is 13.2 Å². The first kappa shape index (κ1) is 18.3. The Bertz CT molecular complexity index is 967. The van der Waals surface area contributed by atoms with Gasteiger partial charge in [-0.05, 0) is 43.3 Å². The summed E-state index contributed by atoms with van der Waals surface area (Å²) < 4.78 is 43.7. The predicted octanol–water partition coefficient (Wildman–Crippen LogP) is 5.09. The number of Topliss-reactive ketones (excluding diaryl/α,β-unsaturated/α-hetero) is 1. The summed E-state index contributed by atoms with van der Waals surface area (Å²) in [5.41, 5.74) is 1.44. The van der Waals surface area contributed by atoms with Crippen molar-refractivity contribution in [2.75, 3.05) is 7.11 Å². The van der Waals surface area contributed by atoms with Crippen LogP contribution in [0, 0.1) is 0 Å². The summed E-state index contributed by atoms with van der Waals surface area (Å²) in [5.74, 6) is 1.04. The van der Waals surface area contributed by atoms with Crippen LogP contribution in [0.25, 0.3) is 11.0 Å². The minimum absolute atomic E-state index is 0.0534. The fourth-order valence-electron chi connectivity index (χ4n) is 2.49. The summed E-state index contributed by atoms with van der Waals surface area (Å²) >= 11 is 1.32. The number of carbonyl (C=O) groups excluding carboxylic acids is 1. The number of carbonyl (C=O) groups is 1. The van der Waals surface area contributed by atoms with Gasteiger partial charge < -0.3 is 9.72 Å². The Morgan fingerprint density at radius 1 is 1.23 bits per heavy atom. The first-order valence-electron chi connectivity index (χ1n) is 7.65. The third-order valence-corrected chi connectivity index (χ3v) is 4.76. The Morgan fingerprint density at radius 3 is 2.65 bits per heavy atom. The molecule has 0 radical (unpaired) electrons. The first-order chi connectivity index (χ1) is 12.3. The fraction of sp³-hybridized carbons (Fsp3) is 0.222. The Kier molecular flexibility index (Phi) is 4.95. The largest absolute Gasteiger partial charge is 0.496 e. The van der Waals surface area contributed by atoms with E-state index in [2.05, 4.69) is 9.97 Å². The molecule has 2 aromatic carbocycles. The van der Waals surface area contributed by atoms with E-state index in [9.17, 15) is 18.0 Å². The van der Waals surface area contributed by atoms with Crippen LogP contribution < -0.4 is 4.74 Å². The van der Waals surface area contributed by atoms with Gasteiger partial charge in [-0.2, -0.15) is 13.2 Å². The Balaban J connectivity index is 1.84. The predicted molar refractivity (Wildman–Crippen MR) is 93.7 cm³/mol. The van der Waals surface area contributed by atoms with Gasteiger partial charge in [0.15, 0.2) is 10.9 Å². The molecule has 1 heterocycles. The summed E-state index contributed by atoms with van der Waals surface area (Å²) in [7, 11) is 1.54. The number of nitrogens with one attached hydrogen (secondary N) is 1. The number of halogens is 3. The molecule has 0 unspecified atom stereocenters. The van der Waals surface area contributed by atoms with Crippen molar-refractivity contribution in [1.29, 1.82) is 0 Å². The molecule has 0 aliphatic rings. The third kappa shape index (κ3) is 3.85. The molecule has 3 rings (SSSR count). The van der Waals surface area contributed by atoms with Gasteiger partial charge in [-0.25, -0.2) is 4.98 Å². The first-order valence-corrected chi connectivity index (χ1v) is 8.64. The Hall–Kier alpha value is -2.48. The maximum atomic E-state index is 12.8. The van der Waals surface area contributed by atoms with E-state index in [4.69, 9.17) is 4.74 Å². The van der Waals surface area contributed by atoms with Crippen LogP contribution in [-0.4, -0.2) is 22.9 Å². The van der Waals surface area contributed by atoms with Gasteiger partial charge in [0.05, 0.1) is 23.7 Å². The number of alkyl halides is 3. The molecule has 0 aliphatic carbocycles. The lowest BCUT2D eigenvalue weighted by molar-refractivity contribution is -0.137. The van der Waals surface area contributed by atoms with Crippen LogP contribution in [0.1, 0.15) is 28.4 Å². The summed E-state index contributed by atoms with van der Waals surface area (Å²) in [6.45, 7) is 1.48. The molecule has 8 heteroatoms. The van der Waals surface area contributed by atoms with Gasteiger partial charge in [0.1, 0.15) is 5.75 Å². The standard InChI is InChI=1S/C18H15F3N2O2S/c1-10(24)11-3-6-16(25-2)12(7-11)9-26-17-22-14-5-4-13(18(19,20)21)8-15(14)23-17/h3-8H,9H2,1-2H3,(H,22,23). The molecule has 0 atom stereocenters. The molecule has 26 heavy (non-hydrogen) atoms. The molecular formula is C18H15F3N2O2S. The van der Waals surface area contributed by atoms with Crippen LogP contribution in [-0.2, 0) is 11.9 Å². The average Bonchev–Trinajstić information content (AvgIpc) is 3.00. The van der Waals surface area contributed by atoms with Crippen LogP contribution >= 0.6 is 11.8 Å². The molecule has 1 aromatic heterocycles. The monoisotopic (exact) mass is 380 g/mol. The highest BCUT2D eigenvalue weighted by molar-refractivity contribution is 7.98. The van der Waals surface area contributed by atoms with Gasteiger partial charge in [-0.15, -0.1) is 0 Å². The van der Waals surface area contributed by atoms with Crippen molar-refractivity contribution < 1.29 is 22.7 Å². The zero-order chi connectivity index (χ0) is 18.9. The van der Waals surface area contributed by atoms with Crippen LogP contribution in [0.15, 0.2) is 41.6 Å². The number of hydrogen-bond donors (Lipinski definition) is 1. The van der Waals surface area contributed by atoms with Crippen molar-refractivity contribution in [2.24, 2.45) is 0 Å². The number of hydrogen-bond acceptors (Lipinski definition) is 4. The van der Waals surface area contributed by atoms with Gasteiger partial charge in [0.2, 0.25) is 0 Å². The van der Waals surface area contributed by atoms with Gasteiger partial charge >= 0.3 is 6.18 Å². The second-order valence-electron chi connectivity index (χ2n) is 5.64. The van der Waals surface area contributed by atoms with E-state index in [-0.39, 0.29) is 5.78 Å². The number of nitrogens with zero attached hydrogens (tertiary/aromatic N) is 1. The average molecular weight is 380 g/mol. The highest BCUT2D eigenvalue weighted by Gasteiger charge is 2.30. The highest BCUT2D eigenvalue weighted by Crippen LogP contribution is 2.33. The second-order valence-corrected chi connectivity index (χ2v) is 6.61. The van der Waals surface area contributed by atoms with Crippen molar-refractivity contribution in [1.82, 2.24) is 9.97 Å². The zero-order valence-electron chi connectivity index (χ0n) is 14.0. The minimum Gasteiger partial charge on any atom is -0.496 e. The summed E-state index contributed by atoms with van der Waals surface area (Å²) in [5, 5.41) is 0.495. The molecule has 3 aromatic rings. The number of ketones is 1. The lowest BCUT2D eigenvalue weighted by Gasteiger charge is -2.08. The summed E-state index contributed by atoms with van der Waals surface area (Å²) in [6.07, 6.45) is -4.40. The highest BCUT2D eigenvalue weighted by atomic mass is 32.2. The number of H-pyrrole nitrogens is 1. The number of methoxy groups -OCH3 is 1. The molecule has 0 saturated heterocycles. The number of aromatic amines is 1. The van der Waals surface area contributed by atoms with E-state index in [0.717, 1.165) is 17.7 Å². The molecule has 0 aliphatic heterocycles. The van der Waals surface area contributed by atoms with Crippen LogP contribution in [0.2, 0.25) is 0 Å². The third-order valence-electron chi connectivity index (χ3n) is 3.84. The lowest BCUT2D eigenvalue weighted by atomic mass is 10.1. The quantitative estimate of drug-likeness (QED) is 0.495. The normalized spacial score (nSPS) is 11.7. The fourth-order valence-corrected chi connectivity index (χ4v) is 3.35. The molecule has 0 saturated carbocycles. The number of thioether (sulfide) groups is 1. The second kappa shape index (κ2) is 7.03. The molecule has 0 spiro atoms. The van der Waals surface area contributed by atoms with Crippen LogP contribution in [0.5, 0.6) is 5.75 Å². The van der Waals surface area contributed by atoms with E-state index in [0.29, 0.717) is 33.3 Å². The SMILES string of the molecule is COc1ccc(C(C)=O)cc1CSc1nc2ccc(C(F)(F)F)cc2[nH]1. The van der Waals surface area contributed by atoms with Gasteiger partial charge in [0, 0.05) is 16.9 Å². The lowest BCUT2D eigenvalue weighted by Crippen LogP contribution is -2.04. The Labute approximate surface area is 151 Å². The topological polar surface area (TPSA) is 55.0 Å². The number of benzene rings is 2. The van der Waals surface area contributed by atoms with Crippen molar-refractivity contribution in [2.45, 2.75) is 24.0 Å². The molecule has 1 N–H and O–H groups in total. The van der Waals surface area contributed by atoms with Gasteiger partial charge in [-0.1, -0.05) is 11.8 Å². The van der Waals surface area contributed by atoms with Gasteiger partial charge in [0.25, 0.3) is 0 Å². The van der Waals surface area contributed by atoms with E-state index in [1.807, 2.05) is 0 Å². The number of rotatable bonds is 5. The summed E-state index contributed by atoms with van der Waals surface area (Å²) in [4.78, 5) is 18.7. The van der Waals surface area contributed by atoms with Crippen molar-refractivity contribution >= 4 is 28.6 Å². The van der Waals surface area contributed by atoms with E-state index < -0.39 is 11.7 Å². The van der Waals surface area contributed by atoms with Crippen molar-refractivity contribution in [3.8, 4) is 5.75 Å². The maximum absolute atomic E-state index is 12.8. The molecule has 4 nitrogen and oxygen atoms in total. The Morgan fingerprint density at radius 2 is 2.00 bits per heavy atom. The smallest absolute Gasteiger partial charge is 0.416 e. The van der Waals surface area contributed by atoms with E-state index in [1.54, 1.807) is 18.2 Å². The zero-order valence-corrected chi connectivity index (χ0v) is 14.8. The molecule has 0 amide bonds. The van der Waals surface area contributed by atoms with E-state index in [1.165, 1.54) is 31.9 Å². The number of fused-ring (bicyclic) bond motifs is 1. The van der Waals surface area contributed by atoms with Crippen LogP contribution in [0.3, 0.4) is 0 Å². The van der Waals surface area contributed by atoms with Crippen molar-refractivity contribution in [3.05, 3.63) is 53.1 Å². The molecule has 0 fully saturated rings. The molecule has 136 valence electrons. The number of imidazole rings is 1. The summed E-state index contributed by atoms with van der Waals surface area (Å²) in [6, 6.07) is 8.56.